The molecule has 3 fully saturated rings. The van der Waals surface area contributed by atoms with Gasteiger partial charge in [0.05, 0.1) is 37.8 Å². The molecule has 1 aliphatic heterocycles. The van der Waals surface area contributed by atoms with Crippen molar-refractivity contribution in [2.75, 3.05) is 13.7 Å². The van der Waals surface area contributed by atoms with E-state index in [2.05, 4.69) is 0 Å². The lowest BCUT2D eigenvalue weighted by atomic mass is 9.33. The Balaban J connectivity index is 1.82. The fourth-order valence-corrected chi connectivity index (χ4v) is 8.94. The number of hydrogen-bond acceptors (Lipinski definition) is 13. The number of hydrogen-bond donors (Lipinski definition) is 6. The molecule has 13 heteroatoms. The number of aliphatic hydroxyl groups is 6. The lowest BCUT2D eigenvalue weighted by molar-refractivity contribution is -0.394. The van der Waals surface area contributed by atoms with Crippen LogP contribution in [0.3, 0.4) is 0 Å². The van der Waals surface area contributed by atoms with Gasteiger partial charge < -0.3 is 49.3 Å². The number of fused-ring (bicyclic) bond motifs is 6. The SMILES string of the molecule is COC(=O)CC1C(C)(CO)C(OC(C)=O)C2(O)CC1(C)C1(O)CC(O)C3(C)C(=CC(=O)OC3c3ccoc3)C1(O)C2O. The minimum absolute atomic E-state index is 0.318. The van der Waals surface area contributed by atoms with Crippen molar-refractivity contribution >= 4 is 17.9 Å². The van der Waals surface area contributed by atoms with Crippen LogP contribution in [0.2, 0.25) is 0 Å². The average Bonchev–Trinajstić information content (AvgIpc) is 3.46. The summed E-state index contributed by atoms with van der Waals surface area (Å²) < 4.78 is 21.2. The van der Waals surface area contributed by atoms with Crippen LogP contribution in [-0.4, -0.2) is 97.4 Å². The molecule has 0 amide bonds. The predicted octanol–water partition coefficient (Wildman–Crippen LogP) is -0.338. The smallest absolute Gasteiger partial charge is 0.331 e. The van der Waals surface area contributed by atoms with Crippen molar-refractivity contribution in [2.45, 2.75) is 88.2 Å². The van der Waals surface area contributed by atoms with Crippen LogP contribution in [0.25, 0.3) is 0 Å². The molecule has 2 bridgehead atoms. The van der Waals surface area contributed by atoms with Gasteiger partial charge in [-0.3, -0.25) is 9.59 Å². The summed E-state index contributed by atoms with van der Waals surface area (Å²) in [6.07, 6.45) is -4.87. The molecule has 6 N–H and O–H groups in total. The first kappa shape index (κ1) is 30.6. The zero-order chi connectivity index (χ0) is 31.3. The fraction of sp³-hybridized carbons (Fsp3) is 0.690. The topological polar surface area (TPSA) is 213 Å². The zero-order valence-electron chi connectivity index (χ0n) is 24.1. The van der Waals surface area contributed by atoms with E-state index in [9.17, 15) is 45.0 Å². The van der Waals surface area contributed by atoms with Crippen LogP contribution in [0.4, 0.5) is 0 Å². The van der Waals surface area contributed by atoms with Gasteiger partial charge in [-0.15, -0.1) is 0 Å². The highest BCUT2D eigenvalue weighted by molar-refractivity contribution is 5.86. The van der Waals surface area contributed by atoms with Crippen LogP contribution in [0.1, 0.15) is 58.6 Å². The molecule has 2 heterocycles. The van der Waals surface area contributed by atoms with E-state index in [0.29, 0.717) is 5.56 Å². The number of carbonyl (C=O) groups is 3. The van der Waals surface area contributed by atoms with Crippen molar-refractivity contribution in [3.8, 4) is 0 Å². The monoisotopic (exact) mass is 594 g/mol. The molecule has 0 radical (unpaired) electrons. The van der Waals surface area contributed by atoms with Gasteiger partial charge in [0, 0.05) is 42.2 Å². The Bertz CT molecular complexity index is 1320. The molecule has 0 aromatic carbocycles. The maximum absolute atomic E-state index is 13.0. The summed E-state index contributed by atoms with van der Waals surface area (Å²) in [5.41, 5.74) is -13.0. The number of methoxy groups -OCH3 is 1. The van der Waals surface area contributed by atoms with Crippen LogP contribution < -0.4 is 0 Å². The molecular formula is C29H38O13. The molecular weight excluding hydrogens is 556 g/mol. The predicted molar refractivity (Wildman–Crippen MR) is 139 cm³/mol. The van der Waals surface area contributed by atoms with Gasteiger partial charge in [0.25, 0.3) is 0 Å². The van der Waals surface area contributed by atoms with Crippen molar-refractivity contribution in [3.63, 3.8) is 0 Å². The second-order valence-electron chi connectivity index (χ2n) is 13.0. The van der Waals surface area contributed by atoms with E-state index in [0.717, 1.165) is 20.1 Å². The number of ether oxygens (including phenoxy) is 3. The average molecular weight is 595 g/mol. The Morgan fingerprint density at radius 1 is 1.14 bits per heavy atom. The minimum Gasteiger partial charge on any atom is -0.472 e. The van der Waals surface area contributed by atoms with Crippen LogP contribution in [-0.2, 0) is 28.6 Å². The fourth-order valence-electron chi connectivity index (χ4n) is 8.94. The van der Waals surface area contributed by atoms with Gasteiger partial charge in [0.2, 0.25) is 0 Å². The summed E-state index contributed by atoms with van der Waals surface area (Å²) in [4.78, 5) is 38.1. The van der Waals surface area contributed by atoms with Gasteiger partial charge in [-0.25, -0.2) is 4.79 Å². The van der Waals surface area contributed by atoms with Crippen LogP contribution in [0.15, 0.2) is 34.7 Å². The highest BCUT2D eigenvalue weighted by atomic mass is 16.6. The van der Waals surface area contributed by atoms with Gasteiger partial charge in [0.15, 0.2) is 0 Å². The van der Waals surface area contributed by atoms with Crippen molar-refractivity contribution in [1.82, 2.24) is 0 Å². The van der Waals surface area contributed by atoms with E-state index in [4.69, 9.17) is 18.6 Å². The summed E-state index contributed by atoms with van der Waals surface area (Å²) in [6, 6.07) is 1.50. The zero-order valence-corrected chi connectivity index (χ0v) is 24.1. The molecule has 3 aliphatic carbocycles. The van der Waals surface area contributed by atoms with E-state index in [1.54, 1.807) is 0 Å². The Labute approximate surface area is 241 Å². The van der Waals surface area contributed by atoms with Crippen molar-refractivity contribution in [3.05, 3.63) is 35.8 Å². The van der Waals surface area contributed by atoms with Crippen molar-refractivity contribution in [2.24, 2.45) is 22.2 Å². The van der Waals surface area contributed by atoms with E-state index in [-0.39, 0.29) is 5.57 Å². The molecule has 232 valence electrons. The Hall–Kier alpha value is -2.81. The lowest BCUT2D eigenvalue weighted by Gasteiger charge is -2.75. The first-order valence-electron chi connectivity index (χ1n) is 13.7. The summed E-state index contributed by atoms with van der Waals surface area (Å²) in [7, 11) is 1.14. The summed E-state index contributed by atoms with van der Waals surface area (Å²) in [5.74, 6) is -3.75. The number of esters is 3. The summed E-state index contributed by atoms with van der Waals surface area (Å²) >= 11 is 0. The molecule has 5 rings (SSSR count). The van der Waals surface area contributed by atoms with Crippen molar-refractivity contribution in [1.29, 1.82) is 0 Å². The first-order valence-corrected chi connectivity index (χ1v) is 13.7. The number of carbonyl (C=O) groups excluding carboxylic acids is 3. The molecule has 1 aromatic rings. The first-order chi connectivity index (χ1) is 19.4. The molecule has 11 unspecified atom stereocenters. The molecule has 1 aromatic heterocycles. The quantitative estimate of drug-likeness (QED) is 0.190. The second kappa shape index (κ2) is 9.34. The third-order valence-corrected chi connectivity index (χ3v) is 11.0. The van der Waals surface area contributed by atoms with Gasteiger partial charge in [-0.1, -0.05) is 13.8 Å². The Morgan fingerprint density at radius 2 is 1.81 bits per heavy atom. The molecule has 42 heavy (non-hydrogen) atoms. The number of cyclic esters (lactones) is 1. The Morgan fingerprint density at radius 3 is 2.36 bits per heavy atom. The van der Waals surface area contributed by atoms with Crippen molar-refractivity contribution < 1.29 is 63.7 Å². The van der Waals surface area contributed by atoms with Gasteiger partial charge in [-0.05, 0) is 30.9 Å². The molecule has 13 nitrogen and oxygen atoms in total. The molecule has 0 spiro atoms. The standard InChI is InChI=1S/C29H38O13/c1-14(31)41-23-24(2,13-30)16(8-19(33)39-5)25(3)12-27(23,36)22(35)29(38)17-9-20(34)42-21(15-6-7-40-11-15)26(17,4)18(32)10-28(25,29)37/h6-7,9,11,16,18,21-23,30,32,35-38H,8,10,12-13H2,1-5H3. The highest BCUT2D eigenvalue weighted by Crippen LogP contribution is 2.73. The van der Waals surface area contributed by atoms with E-state index in [1.807, 2.05) is 0 Å². The summed E-state index contributed by atoms with van der Waals surface area (Å²) in [6.45, 7) is 4.68. The van der Waals surface area contributed by atoms with Gasteiger partial charge >= 0.3 is 17.9 Å². The molecule has 4 aliphatic rings. The number of aliphatic hydroxyl groups excluding tert-OH is 3. The maximum atomic E-state index is 13.0. The van der Waals surface area contributed by atoms with Crippen LogP contribution in [0.5, 0.6) is 0 Å². The molecule has 3 saturated carbocycles. The van der Waals surface area contributed by atoms with Crippen LogP contribution >= 0.6 is 0 Å². The van der Waals surface area contributed by atoms with E-state index < -0.39 is 107 Å². The lowest BCUT2D eigenvalue weighted by Crippen LogP contribution is -2.89. The van der Waals surface area contributed by atoms with Gasteiger partial charge in [0.1, 0.15) is 35.1 Å². The Kier molecular flexibility index (Phi) is 6.82. The highest BCUT2D eigenvalue weighted by Gasteiger charge is 2.85. The van der Waals surface area contributed by atoms with Crippen LogP contribution in [0, 0.1) is 22.2 Å². The maximum Gasteiger partial charge on any atom is 0.331 e. The second-order valence-corrected chi connectivity index (χ2v) is 13.0. The van der Waals surface area contributed by atoms with Gasteiger partial charge in [-0.2, -0.15) is 0 Å². The normalized spacial score (nSPS) is 47.8. The number of rotatable bonds is 5. The van der Waals surface area contributed by atoms with E-state index >= 15 is 0 Å². The third kappa shape index (κ3) is 3.49. The largest absolute Gasteiger partial charge is 0.472 e. The van der Waals surface area contributed by atoms with E-state index in [1.165, 1.54) is 39.4 Å². The molecule has 0 saturated heterocycles. The summed E-state index contributed by atoms with van der Waals surface area (Å²) in [5, 5.41) is 72.5. The number of furan rings is 1. The minimum atomic E-state index is -2.87. The molecule has 11 atom stereocenters. The third-order valence-electron chi connectivity index (χ3n) is 11.0.